The van der Waals surface area contributed by atoms with Crippen molar-refractivity contribution in [2.75, 3.05) is 13.1 Å². The second-order valence-corrected chi connectivity index (χ2v) is 9.53. The first-order valence-corrected chi connectivity index (χ1v) is 11.3. The number of allylic oxidation sites excluding steroid dienone is 2. The van der Waals surface area contributed by atoms with E-state index in [0.717, 1.165) is 32.1 Å². The predicted octanol–water partition coefficient (Wildman–Crippen LogP) is 3.96. The van der Waals surface area contributed by atoms with Crippen LogP contribution < -0.4 is 5.43 Å². The average molecular weight is 406 g/mol. The summed E-state index contributed by atoms with van der Waals surface area (Å²) >= 11 is 0. The maximum atomic E-state index is 12.6. The molecule has 1 atom stereocenters. The van der Waals surface area contributed by atoms with Crippen molar-refractivity contribution in [3.63, 3.8) is 0 Å². The van der Waals surface area contributed by atoms with Crippen molar-refractivity contribution in [1.82, 2.24) is 9.73 Å². The molecule has 0 spiro atoms. The van der Waals surface area contributed by atoms with Gasteiger partial charge in [0.2, 0.25) is 10.0 Å². The van der Waals surface area contributed by atoms with E-state index in [9.17, 15) is 13.2 Å². The lowest BCUT2D eigenvalue weighted by Gasteiger charge is -2.15. The molecule has 1 fully saturated rings. The Balaban J connectivity index is 1.90. The minimum Gasteiger partial charge on any atom is -0.267 e. The molecule has 2 rings (SSSR count). The van der Waals surface area contributed by atoms with Gasteiger partial charge in [-0.2, -0.15) is 9.41 Å². The molecule has 0 bridgehead atoms. The van der Waals surface area contributed by atoms with Crippen LogP contribution in [0.3, 0.4) is 0 Å². The summed E-state index contributed by atoms with van der Waals surface area (Å²) in [6, 6.07) is 6.13. The van der Waals surface area contributed by atoms with Crippen molar-refractivity contribution in [2.45, 2.75) is 57.8 Å². The summed E-state index contributed by atoms with van der Waals surface area (Å²) in [6.07, 6.45) is 8.57. The van der Waals surface area contributed by atoms with E-state index in [0.29, 0.717) is 19.0 Å². The molecule has 1 aromatic rings. The third kappa shape index (κ3) is 6.56. The van der Waals surface area contributed by atoms with Crippen LogP contribution in [-0.2, 0) is 10.0 Å². The normalized spacial score (nSPS) is 16.2. The number of sulfonamides is 1. The Morgan fingerprint density at radius 3 is 2.68 bits per heavy atom. The van der Waals surface area contributed by atoms with Crippen molar-refractivity contribution in [3.8, 4) is 0 Å². The van der Waals surface area contributed by atoms with Gasteiger partial charge in [0.05, 0.1) is 4.90 Å². The van der Waals surface area contributed by atoms with Gasteiger partial charge >= 0.3 is 0 Å². The SMILES string of the molecule is CC(C)=CCC[C@H](C)C/C=N\NC(=O)c1cccc(S(=O)(=O)N2CCCC2)c1. The van der Waals surface area contributed by atoms with Crippen LogP contribution in [0.5, 0.6) is 0 Å². The highest BCUT2D eigenvalue weighted by atomic mass is 32.2. The van der Waals surface area contributed by atoms with Gasteiger partial charge in [0.15, 0.2) is 0 Å². The zero-order valence-electron chi connectivity index (χ0n) is 17.0. The molecule has 0 unspecified atom stereocenters. The fraction of sp³-hybridized carbons (Fsp3) is 0.524. The van der Waals surface area contributed by atoms with Crippen molar-refractivity contribution >= 4 is 22.1 Å². The molecular formula is C21H31N3O3S. The summed E-state index contributed by atoms with van der Waals surface area (Å²) in [7, 11) is -3.54. The number of carbonyl (C=O) groups is 1. The summed E-state index contributed by atoms with van der Waals surface area (Å²) in [5, 5.41) is 4.00. The molecule has 1 N–H and O–H groups in total. The minimum absolute atomic E-state index is 0.152. The molecule has 0 aromatic heterocycles. The van der Waals surface area contributed by atoms with Crippen LogP contribution in [0.2, 0.25) is 0 Å². The van der Waals surface area contributed by atoms with E-state index in [1.807, 2.05) is 0 Å². The first-order valence-electron chi connectivity index (χ1n) is 9.86. The van der Waals surface area contributed by atoms with Crippen LogP contribution in [0.1, 0.15) is 63.2 Å². The lowest BCUT2D eigenvalue weighted by molar-refractivity contribution is 0.0954. The first-order chi connectivity index (χ1) is 13.3. The van der Waals surface area contributed by atoms with Crippen LogP contribution in [-0.4, -0.2) is 37.9 Å². The molecule has 28 heavy (non-hydrogen) atoms. The molecule has 0 saturated carbocycles. The summed E-state index contributed by atoms with van der Waals surface area (Å²) in [5.74, 6) is 0.0668. The van der Waals surface area contributed by atoms with Gasteiger partial charge in [0.25, 0.3) is 5.91 Å². The number of hydrogen-bond donors (Lipinski definition) is 1. The standard InChI is InChI=1S/C21H31N3O3S/c1-17(2)8-6-9-18(3)12-13-22-23-21(25)19-10-7-11-20(16-19)28(26,27)24-14-4-5-15-24/h7-8,10-11,13,16,18H,4-6,9,12,14-15H2,1-3H3,(H,23,25)/b22-13-/t18-/m0/s1. The number of carbonyl (C=O) groups excluding carboxylic acids is 1. The highest BCUT2D eigenvalue weighted by Crippen LogP contribution is 2.21. The third-order valence-electron chi connectivity index (χ3n) is 4.78. The topological polar surface area (TPSA) is 78.8 Å². The highest BCUT2D eigenvalue weighted by Gasteiger charge is 2.27. The van der Waals surface area contributed by atoms with E-state index in [-0.39, 0.29) is 10.5 Å². The van der Waals surface area contributed by atoms with Gasteiger partial charge in [0.1, 0.15) is 0 Å². The second kappa shape index (κ2) is 10.5. The number of rotatable bonds is 9. The summed E-state index contributed by atoms with van der Waals surface area (Å²) in [4.78, 5) is 12.4. The lowest BCUT2D eigenvalue weighted by Crippen LogP contribution is -2.28. The van der Waals surface area contributed by atoms with E-state index < -0.39 is 15.9 Å². The van der Waals surface area contributed by atoms with Gasteiger partial charge < -0.3 is 0 Å². The molecule has 1 aromatic carbocycles. The smallest absolute Gasteiger partial charge is 0.267 e. The Bertz CT molecular complexity index is 821. The summed E-state index contributed by atoms with van der Waals surface area (Å²) in [5.41, 5.74) is 4.09. The molecule has 6 nitrogen and oxygen atoms in total. The number of amides is 1. The van der Waals surface area contributed by atoms with Crippen LogP contribution in [0.25, 0.3) is 0 Å². The molecule has 1 aliphatic heterocycles. The molecule has 7 heteroatoms. The van der Waals surface area contributed by atoms with Crippen LogP contribution in [0.15, 0.2) is 45.9 Å². The molecule has 1 saturated heterocycles. The Hall–Kier alpha value is -1.99. The number of hydrogen-bond acceptors (Lipinski definition) is 4. The van der Waals surface area contributed by atoms with Crippen LogP contribution >= 0.6 is 0 Å². The van der Waals surface area contributed by atoms with E-state index in [1.54, 1.807) is 18.3 Å². The zero-order valence-corrected chi connectivity index (χ0v) is 17.8. The van der Waals surface area contributed by atoms with E-state index in [2.05, 4.69) is 37.4 Å². The molecule has 1 aliphatic rings. The maximum Gasteiger partial charge on any atom is 0.271 e. The lowest BCUT2D eigenvalue weighted by atomic mass is 10.0. The van der Waals surface area contributed by atoms with Crippen LogP contribution in [0, 0.1) is 5.92 Å². The Morgan fingerprint density at radius 1 is 1.29 bits per heavy atom. The quantitative estimate of drug-likeness (QED) is 0.384. The van der Waals surface area contributed by atoms with Crippen molar-refractivity contribution in [1.29, 1.82) is 0 Å². The molecule has 1 amide bonds. The van der Waals surface area contributed by atoms with E-state index >= 15 is 0 Å². The molecular weight excluding hydrogens is 374 g/mol. The maximum absolute atomic E-state index is 12.6. The molecule has 154 valence electrons. The first kappa shape index (κ1) is 22.3. The Morgan fingerprint density at radius 2 is 2.00 bits per heavy atom. The zero-order chi connectivity index (χ0) is 20.6. The summed E-state index contributed by atoms with van der Waals surface area (Å²) < 4.78 is 26.7. The largest absolute Gasteiger partial charge is 0.271 e. The third-order valence-corrected chi connectivity index (χ3v) is 6.67. The van der Waals surface area contributed by atoms with Crippen molar-refractivity contribution in [3.05, 3.63) is 41.5 Å². The molecule has 0 aliphatic carbocycles. The molecule has 0 radical (unpaired) electrons. The average Bonchev–Trinajstić information content (AvgIpc) is 3.20. The monoisotopic (exact) mass is 405 g/mol. The van der Waals surface area contributed by atoms with E-state index in [1.165, 1.54) is 22.0 Å². The summed E-state index contributed by atoms with van der Waals surface area (Å²) in [6.45, 7) is 7.41. The van der Waals surface area contributed by atoms with Gasteiger partial charge in [-0.3, -0.25) is 4.79 Å². The van der Waals surface area contributed by atoms with Crippen LogP contribution in [0.4, 0.5) is 0 Å². The van der Waals surface area contributed by atoms with Gasteiger partial charge in [-0.15, -0.1) is 0 Å². The molecule has 1 heterocycles. The Kier molecular flexibility index (Phi) is 8.38. The Labute approximate surface area is 168 Å². The number of nitrogens with zero attached hydrogens (tertiary/aromatic N) is 2. The minimum atomic E-state index is -3.54. The number of nitrogens with one attached hydrogen (secondary N) is 1. The second-order valence-electron chi connectivity index (χ2n) is 7.59. The van der Waals surface area contributed by atoms with Crippen molar-refractivity contribution in [2.24, 2.45) is 11.0 Å². The fourth-order valence-electron chi connectivity index (χ4n) is 3.05. The van der Waals surface area contributed by atoms with Gasteiger partial charge in [-0.1, -0.05) is 24.6 Å². The number of benzene rings is 1. The highest BCUT2D eigenvalue weighted by molar-refractivity contribution is 7.89. The van der Waals surface area contributed by atoms with Gasteiger partial charge in [-0.05, 0) is 70.1 Å². The van der Waals surface area contributed by atoms with E-state index in [4.69, 9.17) is 0 Å². The van der Waals surface area contributed by atoms with Crippen molar-refractivity contribution < 1.29 is 13.2 Å². The fourth-order valence-corrected chi connectivity index (χ4v) is 4.61. The predicted molar refractivity (Wildman–Crippen MR) is 113 cm³/mol. The van der Waals surface area contributed by atoms with Gasteiger partial charge in [0, 0.05) is 24.9 Å². The van der Waals surface area contributed by atoms with Gasteiger partial charge in [-0.25, -0.2) is 13.8 Å². The number of hydrazone groups is 1.